The van der Waals surface area contributed by atoms with Gasteiger partial charge >= 0.3 is 0 Å². The van der Waals surface area contributed by atoms with Crippen LogP contribution < -0.4 is 33.8 Å². The van der Waals surface area contributed by atoms with E-state index in [1.165, 1.54) is 27.6 Å². The van der Waals surface area contributed by atoms with Gasteiger partial charge in [0.2, 0.25) is 22.7 Å². The SMILES string of the molecule is COc1cc2c(=O)c(-c3cc(OC)c4c(c3OC)OC(C)(C)O4)coc2cc1OCc1ccccc1. The van der Waals surface area contributed by atoms with Gasteiger partial charge in [0.15, 0.2) is 23.0 Å². The fraction of sp³-hybridized carbons (Fsp3) is 0.250. The maximum atomic E-state index is 13.7. The zero-order valence-electron chi connectivity index (χ0n) is 20.7. The lowest BCUT2D eigenvalue weighted by atomic mass is 10.0. The lowest BCUT2D eigenvalue weighted by Gasteiger charge is -2.16. The molecule has 0 saturated carbocycles. The normalized spacial score (nSPS) is 13.5. The first kappa shape index (κ1) is 23.4. The van der Waals surface area contributed by atoms with Crippen LogP contribution in [0.3, 0.4) is 0 Å². The standard InChI is InChI=1S/C28H26O8/c1-28(2)35-26-23(31-4)11-17(25(32-5)27(26)36-28)19-15-34-20-13-22(21(30-3)12-18(20)24(19)29)33-14-16-9-7-6-8-10-16/h6-13,15H,14H2,1-5H3. The molecule has 2 heterocycles. The zero-order chi connectivity index (χ0) is 25.4. The number of hydrogen-bond donors (Lipinski definition) is 0. The minimum atomic E-state index is -0.918. The van der Waals surface area contributed by atoms with Crippen molar-refractivity contribution in [2.75, 3.05) is 21.3 Å². The lowest BCUT2D eigenvalue weighted by Crippen LogP contribution is -2.29. The van der Waals surface area contributed by atoms with Crippen LogP contribution in [0.15, 0.2) is 64.0 Å². The Kier molecular flexibility index (Phi) is 5.88. The molecule has 0 aliphatic carbocycles. The maximum absolute atomic E-state index is 13.7. The molecule has 0 fully saturated rings. The van der Waals surface area contributed by atoms with Crippen LogP contribution in [0.25, 0.3) is 22.1 Å². The number of rotatable bonds is 7. The first-order valence-corrected chi connectivity index (χ1v) is 11.3. The summed E-state index contributed by atoms with van der Waals surface area (Å²) in [5.41, 5.74) is 1.81. The van der Waals surface area contributed by atoms with Gasteiger partial charge < -0.3 is 32.8 Å². The van der Waals surface area contributed by atoms with Crippen LogP contribution in [0.4, 0.5) is 0 Å². The van der Waals surface area contributed by atoms with E-state index in [0.717, 1.165) is 5.56 Å². The van der Waals surface area contributed by atoms with Crippen LogP contribution in [0.5, 0.6) is 34.5 Å². The third-order valence-electron chi connectivity index (χ3n) is 5.86. The van der Waals surface area contributed by atoms with E-state index < -0.39 is 5.79 Å². The van der Waals surface area contributed by atoms with Crippen molar-refractivity contribution in [3.8, 4) is 45.6 Å². The van der Waals surface area contributed by atoms with Crippen molar-refractivity contribution < 1.29 is 32.8 Å². The van der Waals surface area contributed by atoms with Crippen molar-refractivity contribution in [1.29, 1.82) is 0 Å². The third kappa shape index (κ3) is 4.04. The van der Waals surface area contributed by atoms with E-state index >= 15 is 0 Å². The first-order chi connectivity index (χ1) is 17.3. The minimum Gasteiger partial charge on any atom is -0.493 e. The molecule has 186 valence electrons. The molecule has 1 aliphatic rings. The van der Waals surface area contributed by atoms with E-state index in [1.54, 1.807) is 32.0 Å². The van der Waals surface area contributed by atoms with Gasteiger partial charge in [0.05, 0.1) is 32.3 Å². The second kappa shape index (κ2) is 9.03. The van der Waals surface area contributed by atoms with Crippen LogP contribution in [-0.4, -0.2) is 27.1 Å². The van der Waals surface area contributed by atoms with Crippen LogP contribution in [0.1, 0.15) is 19.4 Å². The molecule has 0 N–H and O–H groups in total. The van der Waals surface area contributed by atoms with Gasteiger partial charge in [-0.25, -0.2) is 0 Å². The highest BCUT2D eigenvalue weighted by molar-refractivity contribution is 5.87. The van der Waals surface area contributed by atoms with Crippen molar-refractivity contribution in [3.05, 3.63) is 70.6 Å². The molecule has 0 radical (unpaired) electrons. The quantitative estimate of drug-likeness (QED) is 0.332. The highest BCUT2D eigenvalue weighted by Crippen LogP contribution is 2.55. The molecule has 4 aromatic rings. The van der Waals surface area contributed by atoms with Gasteiger partial charge in [0, 0.05) is 25.5 Å². The van der Waals surface area contributed by atoms with E-state index in [4.69, 9.17) is 32.8 Å². The molecule has 8 nitrogen and oxygen atoms in total. The summed E-state index contributed by atoms with van der Waals surface area (Å²) in [5.74, 6) is 1.49. The largest absolute Gasteiger partial charge is 0.493 e. The van der Waals surface area contributed by atoms with Gasteiger partial charge in [0.25, 0.3) is 0 Å². The van der Waals surface area contributed by atoms with Crippen LogP contribution >= 0.6 is 0 Å². The molecule has 1 aromatic heterocycles. The van der Waals surface area contributed by atoms with E-state index in [2.05, 4.69) is 0 Å². The van der Waals surface area contributed by atoms with Gasteiger partial charge in [-0.3, -0.25) is 4.79 Å². The Balaban J connectivity index is 1.61. The number of hydrogen-bond acceptors (Lipinski definition) is 8. The van der Waals surface area contributed by atoms with E-state index in [0.29, 0.717) is 57.6 Å². The Morgan fingerprint density at radius 2 is 1.53 bits per heavy atom. The Bertz CT molecular complexity index is 1490. The smallest absolute Gasteiger partial charge is 0.246 e. The Morgan fingerprint density at radius 1 is 0.806 bits per heavy atom. The van der Waals surface area contributed by atoms with Gasteiger partial charge in [0.1, 0.15) is 18.5 Å². The van der Waals surface area contributed by atoms with Crippen molar-refractivity contribution >= 4 is 11.0 Å². The topological polar surface area (TPSA) is 85.6 Å². The maximum Gasteiger partial charge on any atom is 0.246 e. The number of benzene rings is 3. The molecular formula is C28H26O8. The lowest BCUT2D eigenvalue weighted by molar-refractivity contribution is -0.0447. The molecule has 0 bridgehead atoms. The number of fused-ring (bicyclic) bond motifs is 2. The summed E-state index contributed by atoms with van der Waals surface area (Å²) in [7, 11) is 4.54. The molecule has 0 saturated heterocycles. The summed E-state index contributed by atoms with van der Waals surface area (Å²) in [6.07, 6.45) is 1.39. The third-order valence-corrected chi connectivity index (χ3v) is 5.86. The predicted molar refractivity (Wildman–Crippen MR) is 134 cm³/mol. The molecule has 0 unspecified atom stereocenters. The molecule has 36 heavy (non-hydrogen) atoms. The second-order valence-electron chi connectivity index (χ2n) is 8.67. The van der Waals surface area contributed by atoms with Gasteiger partial charge in [-0.1, -0.05) is 30.3 Å². The van der Waals surface area contributed by atoms with E-state index in [1.807, 2.05) is 30.3 Å². The Labute approximate surface area is 207 Å². The van der Waals surface area contributed by atoms with Crippen LogP contribution in [0.2, 0.25) is 0 Å². The Morgan fingerprint density at radius 3 is 2.22 bits per heavy atom. The van der Waals surface area contributed by atoms with Crippen molar-refractivity contribution in [2.45, 2.75) is 26.2 Å². The Hall–Kier alpha value is -4.33. The molecule has 0 spiro atoms. The molecule has 3 aromatic carbocycles. The monoisotopic (exact) mass is 490 g/mol. The highest BCUT2D eigenvalue weighted by Gasteiger charge is 2.39. The molecule has 8 heteroatoms. The average molecular weight is 491 g/mol. The molecule has 5 rings (SSSR count). The van der Waals surface area contributed by atoms with Gasteiger partial charge in [-0.15, -0.1) is 0 Å². The van der Waals surface area contributed by atoms with Crippen molar-refractivity contribution in [3.63, 3.8) is 0 Å². The number of methoxy groups -OCH3 is 3. The second-order valence-corrected chi connectivity index (χ2v) is 8.67. The van der Waals surface area contributed by atoms with E-state index in [-0.39, 0.29) is 11.0 Å². The molecule has 0 amide bonds. The highest BCUT2D eigenvalue weighted by atomic mass is 16.7. The van der Waals surface area contributed by atoms with Crippen LogP contribution in [0, 0.1) is 0 Å². The fourth-order valence-electron chi connectivity index (χ4n) is 4.19. The molecule has 0 atom stereocenters. The summed E-state index contributed by atoms with van der Waals surface area (Å²) in [5, 5.41) is 0.329. The summed E-state index contributed by atoms with van der Waals surface area (Å²) in [4.78, 5) is 13.7. The summed E-state index contributed by atoms with van der Waals surface area (Å²) >= 11 is 0. The predicted octanol–water partition coefficient (Wildman–Crippen LogP) is 5.57. The van der Waals surface area contributed by atoms with Crippen molar-refractivity contribution in [1.82, 2.24) is 0 Å². The minimum absolute atomic E-state index is 0.272. The van der Waals surface area contributed by atoms with E-state index in [9.17, 15) is 4.79 Å². The van der Waals surface area contributed by atoms with Crippen LogP contribution in [-0.2, 0) is 6.61 Å². The molecular weight excluding hydrogens is 464 g/mol. The van der Waals surface area contributed by atoms with Crippen molar-refractivity contribution in [2.24, 2.45) is 0 Å². The average Bonchev–Trinajstić information content (AvgIpc) is 3.21. The van der Waals surface area contributed by atoms with Gasteiger partial charge in [-0.2, -0.15) is 0 Å². The summed E-state index contributed by atoms with van der Waals surface area (Å²) < 4.78 is 40.4. The summed E-state index contributed by atoms with van der Waals surface area (Å²) in [6.45, 7) is 3.90. The number of ether oxygens (including phenoxy) is 6. The molecule has 1 aliphatic heterocycles. The summed E-state index contributed by atoms with van der Waals surface area (Å²) in [6, 6.07) is 14.7. The zero-order valence-corrected chi connectivity index (χ0v) is 20.7. The first-order valence-electron chi connectivity index (χ1n) is 11.3. The van der Waals surface area contributed by atoms with Gasteiger partial charge in [-0.05, 0) is 17.7 Å². The fourth-order valence-corrected chi connectivity index (χ4v) is 4.19.